The Bertz CT molecular complexity index is 929. The van der Waals surface area contributed by atoms with E-state index in [0.717, 1.165) is 22.4 Å². The van der Waals surface area contributed by atoms with E-state index in [9.17, 15) is 0 Å². The van der Waals surface area contributed by atoms with Crippen molar-refractivity contribution in [2.75, 3.05) is 25.2 Å². The van der Waals surface area contributed by atoms with Crippen LogP contribution in [0.3, 0.4) is 0 Å². The number of rotatable bonds is 8. The van der Waals surface area contributed by atoms with E-state index in [4.69, 9.17) is 25.7 Å². The van der Waals surface area contributed by atoms with Crippen molar-refractivity contribution in [3.63, 3.8) is 0 Å². The third-order valence-corrected chi connectivity index (χ3v) is 4.17. The van der Waals surface area contributed by atoms with Crippen molar-refractivity contribution in [1.82, 2.24) is 9.97 Å². The van der Waals surface area contributed by atoms with Crippen LogP contribution in [0, 0.1) is 0 Å². The lowest BCUT2D eigenvalue weighted by atomic mass is 10.1. The predicted octanol–water partition coefficient (Wildman–Crippen LogP) is 3.22. The van der Waals surface area contributed by atoms with E-state index in [0.29, 0.717) is 37.0 Å². The zero-order valence-electron chi connectivity index (χ0n) is 16.0. The van der Waals surface area contributed by atoms with Crippen molar-refractivity contribution < 1.29 is 14.2 Å². The summed E-state index contributed by atoms with van der Waals surface area (Å²) in [7, 11) is 1.64. The average molecular weight is 380 g/mol. The molecule has 4 N–H and O–H groups in total. The molecule has 2 aromatic carbocycles. The van der Waals surface area contributed by atoms with Crippen LogP contribution in [0.5, 0.6) is 17.2 Å². The van der Waals surface area contributed by atoms with Gasteiger partial charge in [0.2, 0.25) is 5.95 Å². The zero-order valence-corrected chi connectivity index (χ0v) is 16.0. The maximum Gasteiger partial charge on any atom is 0.221 e. The number of ether oxygens (including phenoxy) is 3. The first kappa shape index (κ1) is 19.3. The molecule has 7 nitrogen and oxygen atoms in total. The predicted molar refractivity (Wildman–Crippen MR) is 109 cm³/mol. The van der Waals surface area contributed by atoms with E-state index < -0.39 is 0 Å². The van der Waals surface area contributed by atoms with Gasteiger partial charge in [-0.2, -0.15) is 4.98 Å². The van der Waals surface area contributed by atoms with Gasteiger partial charge in [-0.05, 0) is 42.3 Å². The van der Waals surface area contributed by atoms with Crippen molar-refractivity contribution in [3.05, 3.63) is 65.4 Å². The Labute approximate surface area is 164 Å². The van der Waals surface area contributed by atoms with Gasteiger partial charge in [0, 0.05) is 18.2 Å². The Morgan fingerprint density at radius 3 is 2.36 bits per heavy atom. The number of hydrogen-bond donors (Lipinski definition) is 2. The highest BCUT2D eigenvalue weighted by Gasteiger charge is 2.10. The number of nitrogens with zero attached hydrogens (tertiary/aromatic N) is 2. The Morgan fingerprint density at radius 1 is 0.929 bits per heavy atom. The highest BCUT2D eigenvalue weighted by molar-refractivity contribution is 5.48. The highest BCUT2D eigenvalue weighted by atomic mass is 16.5. The lowest BCUT2D eigenvalue weighted by Crippen LogP contribution is -2.04. The minimum Gasteiger partial charge on any atom is -0.497 e. The second kappa shape index (κ2) is 8.94. The van der Waals surface area contributed by atoms with Gasteiger partial charge in [0.05, 0.1) is 13.7 Å². The van der Waals surface area contributed by atoms with Gasteiger partial charge < -0.3 is 25.7 Å². The Kier molecular flexibility index (Phi) is 6.16. The van der Waals surface area contributed by atoms with Crippen LogP contribution < -0.4 is 25.7 Å². The second-order valence-electron chi connectivity index (χ2n) is 6.17. The van der Waals surface area contributed by atoms with Gasteiger partial charge in [0.1, 0.15) is 18.2 Å². The standard InChI is InChI=1S/C21H24N4O3/c1-3-27-19-11-15(10-16-12-24-21(23)25-20(16)22)6-9-18(19)28-13-14-4-7-17(26-2)8-5-14/h4-9,11-12H,3,10,13H2,1-2H3,(H4,22,23,24,25). The molecule has 0 aliphatic rings. The third-order valence-electron chi connectivity index (χ3n) is 4.17. The number of benzene rings is 2. The molecule has 0 unspecified atom stereocenters. The number of hydrogen-bond acceptors (Lipinski definition) is 7. The minimum absolute atomic E-state index is 0.165. The van der Waals surface area contributed by atoms with E-state index in [1.54, 1.807) is 13.3 Å². The van der Waals surface area contributed by atoms with E-state index >= 15 is 0 Å². The topological polar surface area (TPSA) is 106 Å². The first-order valence-electron chi connectivity index (χ1n) is 8.97. The largest absolute Gasteiger partial charge is 0.497 e. The molecule has 0 radical (unpaired) electrons. The average Bonchev–Trinajstić information content (AvgIpc) is 2.70. The van der Waals surface area contributed by atoms with Gasteiger partial charge in [0.15, 0.2) is 11.5 Å². The fourth-order valence-corrected chi connectivity index (χ4v) is 2.72. The van der Waals surface area contributed by atoms with Gasteiger partial charge in [-0.1, -0.05) is 18.2 Å². The lowest BCUT2D eigenvalue weighted by Gasteiger charge is -2.14. The van der Waals surface area contributed by atoms with Crippen LogP contribution in [0.4, 0.5) is 11.8 Å². The SMILES string of the molecule is CCOc1cc(Cc2cnc(N)nc2N)ccc1OCc1ccc(OC)cc1. The summed E-state index contributed by atoms with van der Waals surface area (Å²) in [6.07, 6.45) is 2.22. The quantitative estimate of drug-likeness (QED) is 0.618. The minimum atomic E-state index is 0.165. The highest BCUT2D eigenvalue weighted by Crippen LogP contribution is 2.30. The summed E-state index contributed by atoms with van der Waals surface area (Å²) < 4.78 is 16.9. The maximum absolute atomic E-state index is 5.96. The van der Waals surface area contributed by atoms with Crippen LogP contribution in [0.1, 0.15) is 23.6 Å². The van der Waals surface area contributed by atoms with Gasteiger partial charge in [0.25, 0.3) is 0 Å². The molecule has 146 valence electrons. The smallest absolute Gasteiger partial charge is 0.221 e. The van der Waals surface area contributed by atoms with E-state index in [-0.39, 0.29) is 5.95 Å². The first-order valence-corrected chi connectivity index (χ1v) is 8.97. The van der Waals surface area contributed by atoms with Gasteiger partial charge in [-0.3, -0.25) is 0 Å². The van der Waals surface area contributed by atoms with E-state index in [1.165, 1.54) is 0 Å². The molecule has 1 aromatic heterocycles. The lowest BCUT2D eigenvalue weighted by molar-refractivity contribution is 0.269. The third kappa shape index (κ3) is 4.82. The summed E-state index contributed by atoms with van der Waals surface area (Å²) in [4.78, 5) is 8.01. The molecule has 0 atom stereocenters. The van der Waals surface area contributed by atoms with Crippen molar-refractivity contribution >= 4 is 11.8 Å². The molecule has 28 heavy (non-hydrogen) atoms. The molecule has 0 bridgehead atoms. The summed E-state index contributed by atoms with van der Waals surface area (Å²) in [5.74, 6) is 2.73. The number of anilines is 2. The molecule has 3 aromatic rings. The van der Waals surface area contributed by atoms with E-state index in [1.807, 2.05) is 49.4 Å². The summed E-state index contributed by atoms with van der Waals surface area (Å²) in [5.41, 5.74) is 14.4. The maximum atomic E-state index is 5.96. The van der Waals surface area contributed by atoms with Crippen LogP contribution in [-0.4, -0.2) is 23.7 Å². The molecule has 0 aliphatic heterocycles. The second-order valence-corrected chi connectivity index (χ2v) is 6.17. The Hall–Kier alpha value is -3.48. The van der Waals surface area contributed by atoms with Crippen LogP contribution in [-0.2, 0) is 13.0 Å². The molecule has 7 heteroatoms. The number of nitrogens with two attached hydrogens (primary N) is 2. The summed E-state index contributed by atoms with van der Waals surface area (Å²) in [6.45, 7) is 2.91. The zero-order chi connectivity index (χ0) is 19.9. The number of nitrogen functional groups attached to an aromatic ring is 2. The summed E-state index contributed by atoms with van der Waals surface area (Å²) in [6, 6.07) is 13.6. The van der Waals surface area contributed by atoms with Gasteiger partial charge in [-0.15, -0.1) is 0 Å². The molecule has 0 saturated carbocycles. The Balaban J connectivity index is 1.74. The van der Waals surface area contributed by atoms with Crippen LogP contribution in [0.25, 0.3) is 0 Å². The molecule has 0 saturated heterocycles. The molecule has 1 heterocycles. The number of methoxy groups -OCH3 is 1. The van der Waals surface area contributed by atoms with Crippen molar-refractivity contribution in [3.8, 4) is 17.2 Å². The summed E-state index contributed by atoms with van der Waals surface area (Å²) in [5, 5.41) is 0. The van der Waals surface area contributed by atoms with E-state index in [2.05, 4.69) is 9.97 Å². The molecule has 0 aliphatic carbocycles. The Morgan fingerprint density at radius 2 is 1.68 bits per heavy atom. The molecule has 0 amide bonds. The number of aromatic nitrogens is 2. The van der Waals surface area contributed by atoms with Crippen LogP contribution in [0.15, 0.2) is 48.7 Å². The molecule has 0 fully saturated rings. The molecule has 3 rings (SSSR count). The van der Waals surface area contributed by atoms with Gasteiger partial charge >= 0.3 is 0 Å². The first-order chi connectivity index (χ1) is 13.6. The normalized spacial score (nSPS) is 10.5. The van der Waals surface area contributed by atoms with Crippen molar-refractivity contribution in [1.29, 1.82) is 0 Å². The molecular weight excluding hydrogens is 356 g/mol. The van der Waals surface area contributed by atoms with Crippen LogP contribution >= 0.6 is 0 Å². The van der Waals surface area contributed by atoms with Crippen molar-refractivity contribution in [2.24, 2.45) is 0 Å². The van der Waals surface area contributed by atoms with Crippen LogP contribution in [0.2, 0.25) is 0 Å². The molecular formula is C21H24N4O3. The molecule has 0 spiro atoms. The monoisotopic (exact) mass is 380 g/mol. The van der Waals surface area contributed by atoms with Gasteiger partial charge in [-0.25, -0.2) is 4.98 Å². The van der Waals surface area contributed by atoms with Crippen molar-refractivity contribution in [2.45, 2.75) is 20.0 Å². The fraction of sp³-hybridized carbons (Fsp3) is 0.238. The summed E-state index contributed by atoms with van der Waals surface area (Å²) >= 11 is 0. The fourth-order valence-electron chi connectivity index (χ4n) is 2.72.